The first-order valence-corrected chi connectivity index (χ1v) is 6.93. The van der Waals surface area contributed by atoms with Crippen LogP contribution in [-0.2, 0) is 12.0 Å². The summed E-state index contributed by atoms with van der Waals surface area (Å²) in [4.78, 5) is 4.22. The molecular formula is C16H23N3. The van der Waals surface area contributed by atoms with Crippen LogP contribution in [0.5, 0.6) is 0 Å². The molecule has 0 aliphatic carbocycles. The zero-order valence-electron chi connectivity index (χ0n) is 12.1. The number of hydrogen-bond donors (Lipinski definition) is 1. The van der Waals surface area contributed by atoms with E-state index in [2.05, 4.69) is 40.7 Å². The molecule has 2 aromatic rings. The molecule has 19 heavy (non-hydrogen) atoms. The van der Waals surface area contributed by atoms with Gasteiger partial charge in [-0.1, -0.05) is 25.5 Å². The van der Waals surface area contributed by atoms with Crippen molar-refractivity contribution in [2.24, 2.45) is 5.73 Å². The Balaban J connectivity index is 2.25. The van der Waals surface area contributed by atoms with Gasteiger partial charge in [0.2, 0.25) is 0 Å². The number of nitrogens with two attached hydrogens (primary N) is 1. The summed E-state index contributed by atoms with van der Waals surface area (Å²) >= 11 is 0. The first-order valence-electron chi connectivity index (χ1n) is 6.93. The third-order valence-corrected chi connectivity index (χ3v) is 3.33. The highest BCUT2D eigenvalue weighted by molar-refractivity contribution is 5.37. The number of rotatable bonds is 5. The van der Waals surface area contributed by atoms with Crippen LogP contribution in [0.25, 0.3) is 5.69 Å². The Morgan fingerprint density at radius 3 is 2.47 bits per heavy atom. The van der Waals surface area contributed by atoms with Gasteiger partial charge in [0.25, 0.3) is 0 Å². The molecule has 1 heterocycles. The minimum atomic E-state index is -0.391. The number of imidazole rings is 1. The Kier molecular flexibility index (Phi) is 4.05. The summed E-state index contributed by atoms with van der Waals surface area (Å²) in [6.45, 7) is 6.21. The molecule has 2 rings (SSSR count). The van der Waals surface area contributed by atoms with Crippen molar-refractivity contribution in [3.05, 3.63) is 48.0 Å². The maximum Gasteiger partial charge on any atom is 0.0994 e. The van der Waals surface area contributed by atoms with Crippen LogP contribution < -0.4 is 5.73 Å². The first kappa shape index (κ1) is 13.8. The van der Waals surface area contributed by atoms with Gasteiger partial charge in [0.15, 0.2) is 0 Å². The molecule has 1 aromatic heterocycles. The number of aromatic nitrogens is 2. The Morgan fingerprint density at radius 1 is 1.21 bits per heavy atom. The molecule has 3 heteroatoms. The quantitative estimate of drug-likeness (QED) is 0.892. The third-order valence-electron chi connectivity index (χ3n) is 3.33. The summed E-state index contributed by atoms with van der Waals surface area (Å²) in [6.07, 6.45) is 7.28. The van der Waals surface area contributed by atoms with Crippen LogP contribution in [0, 0.1) is 0 Å². The molecule has 0 spiro atoms. The fourth-order valence-electron chi connectivity index (χ4n) is 2.18. The molecule has 0 unspecified atom stereocenters. The van der Waals surface area contributed by atoms with E-state index in [4.69, 9.17) is 5.73 Å². The summed E-state index contributed by atoms with van der Waals surface area (Å²) in [5.41, 5.74) is 9.31. The van der Waals surface area contributed by atoms with Crippen molar-refractivity contribution in [3.63, 3.8) is 0 Å². The second-order valence-corrected chi connectivity index (χ2v) is 5.64. The average molecular weight is 257 g/mol. The fourth-order valence-corrected chi connectivity index (χ4v) is 2.18. The zero-order chi connectivity index (χ0) is 13.9. The molecule has 0 radical (unpaired) electrons. The standard InChI is InChI=1S/C16H23N3/c1-4-5-6-13-7-9-14(10-8-13)19-12-18-11-15(19)16(2,3)17/h7-12H,4-6,17H2,1-3H3. The predicted octanol–water partition coefficient (Wildman–Crippen LogP) is 3.41. The van der Waals surface area contributed by atoms with Crippen molar-refractivity contribution in [2.75, 3.05) is 0 Å². The van der Waals surface area contributed by atoms with E-state index in [-0.39, 0.29) is 0 Å². The van der Waals surface area contributed by atoms with E-state index < -0.39 is 5.54 Å². The minimum Gasteiger partial charge on any atom is -0.321 e. The molecule has 0 saturated carbocycles. The minimum absolute atomic E-state index is 0.391. The van der Waals surface area contributed by atoms with Crippen molar-refractivity contribution in [3.8, 4) is 5.69 Å². The number of aryl methyl sites for hydroxylation is 1. The van der Waals surface area contributed by atoms with E-state index >= 15 is 0 Å². The Bertz CT molecular complexity index is 518. The van der Waals surface area contributed by atoms with Gasteiger partial charge < -0.3 is 10.3 Å². The van der Waals surface area contributed by atoms with Gasteiger partial charge in [-0.05, 0) is 44.4 Å². The molecule has 0 atom stereocenters. The first-order chi connectivity index (χ1) is 9.02. The number of benzene rings is 1. The van der Waals surface area contributed by atoms with Crippen LogP contribution in [0.3, 0.4) is 0 Å². The molecule has 102 valence electrons. The summed E-state index contributed by atoms with van der Waals surface area (Å²) in [5, 5.41) is 0. The van der Waals surface area contributed by atoms with Gasteiger partial charge in [-0.25, -0.2) is 4.98 Å². The summed E-state index contributed by atoms with van der Waals surface area (Å²) in [7, 11) is 0. The van der Waals surface area contributed by atoms with Crippen molar-refractivity contribution in [2.45, 2.75) is 45.6 Å². The van der Waals surface area contributed by atoms with Crippen LogP contribution in [0.15, 0.2) is 36.8 Å². The number of nitrogens with zero attached hydrogens (tertiary/aromatic N) is 2. The number of unbranched alkanes of at least 4 members (excludes halogenated alkanes) is 1. The lowest BCUT2D eigenvalue weighted by atomic mass is 10.0. The highest BCUT2D eigenvalue weighted by atomic mass is 15.1. The van der Waals surface area contributed by atoms with Gasteiger partial charge in [-0.15, -0.1) is 0 Å². The third kappa shape index (κ3) is 3.24. The fraction of sp³-hybridized carbons (Fsp3) is 0.438. The van der Waals surface area contributed by atoms with E-state index in [0.29, 0.717) is 0 Å². The normalized spacial score (nSPS) is 11.8. The molecule has 0 bridgehead atoms. The molecule has 0 aliphatic rings. The Morgan fingerprint density at radius 2 is 1.89 bits per heavy atom. The summed E-state index contributed by atoms with van der Waals surface area (Å²) < 4.78 is 2.06. The van der Waals surface area contributed by atoms with Crippen LogP contribution >= 0.6 is 0 Å². The van der Waals surface area contributed by atoms with Crippen LogP contribution in [0.4, 0.5) is 0 Å². The van der Waals surface area contributed by atoms with Gasteiger partial charge >= 0.3 is 0 Å². The lowest BCUT2D eigenvalue weighted by molar-refractivity contribution is 0.524. The Hall–Kier alpha value is -1.61. The van der Waals surface area contributed by atoms with Crippen LogP contribution in [0.2, 0.25) is 0 Å². The van der Waals surface area contributed by atoms with Gasteiger partial charge in [-0.3, -0.25) is 0 Å². The summed E-state index contributed by atoms with van der Waals surface area (Å²) in [5.74, 6) is 0. The molecule has 0 aliphatic heterocycles. The lowest BCUT2D eigenvalue weighted by Crippen LogP contribution is -2.31. The maximum atomic E-state index is 6.17. The van der Waals surface area contributed by atoms with Crippen molar-refractivity contribution >= 4 is 0 Å². The van der Waals surface area contributed by atoms with E-state index in [1.807, 2.05) is 26.4 Å². The molecule has 1 aromatic carbocycles. The average Bonchev–Trinajstić information content (AvgIpc) is 2.86. The second kappa shape index (κ2) is 5.57. The van der Waals surface area contributed by atoms with Gasteiger partial charge in [0.05, 0.1) is 23.8 Å². The summed E-state index contributed by atoms with van der Waals surface area (Å²) in [6, 6.07) is 8.67. The van der Waals surface area contributed by atoms with E-state index in [1.54, 1.807) is 0 Å². The second-order valence-electron chi connectivity index (χ2n) is 5.64. The predicted molar refractivity (Wildman–Crippen MR) is 79.4 cm³/mol. The Labute approximate surface area is 115 Å². The smallest absolute Gasteiger partial charge is 0.0994 e. The molecule has 0 saturated heterocycles. The molecule has 0 fully saturated rings. The van der Waals surface area contributed by atoms with Crippen molar-refractivity contribution in [1.29, 1.82) is 0 Å². The zero-order valence-corrected chi connectivity index (χ0v) is 12.1. The molecular weight excluding hydrogens is 234 g/mol. The number of hydrogen-bond acceptors (Lipinski definition) is 2. The topological polar surface area (TPSA) is 43.8 Å². The highest BCUT2D eigenvalue weighted by Crippen LogP contribution is 2.21. The largest absolute Gasteiger partial charge is 0.321 e. The van der Waals surface area contributed by atoms with Crippen molar-refractivity contribution < 1.29 is 0 Å². The van der Waals surface area contributed by atoms with Crippen LogP contribution in [-0.4, -0.2) is 9.55 Å². The monoisotopic (exact) mass is 257 g/mol. The van der Waals surface area contributed by atoms with Gasteiger partial charge in [0, 0.05) is 5.69 Å². The lowest BCUT2D eigenvalue weighted by Gasteiger charge is -2.20. The molecule has 0 amide bonds. The molecule has 3 nitrogen and oxygen atoms in total. The van der Waals surface area contributed by atoms with Crippen molar-refractivity contribution in [1.82, 2.24) is 9.55 Å². The highest BCUT2D eigenvalue weighted by Gasteiger charge is 2.19. The van der Waals surface area contributed by atoms with E-state index in [9.17, 15) is 0 Å². The SMILES string of the molecule is CCCCc1ccc(-n2cncc2C(C)(C)N)cc1. The van der Waals surface area contributed by atoms with E-state index in [1.165, 1.54) is 18.4 Å². The van der Waals surface area contributed by atoms with Gasteiger partial charge in [0.1, 0.15) is 0 Å². The molecule has 2 N–H and O–H groups in total. The van der Waals surface area contributed by atoms with Gasteiger partial charge in [-0.2, -0.15) is 0 Å². The van der Waals surface area contributed by atoms with Crippen LogP contribution in [0.1, 0.15) is 44.9 Å². The van der Waals surface area contributed by atoms with E-state index in [0.717, 1.165) is 17.8 Å². The maximum absolute atomic E-state index is 6.17.